The number of nitrogens with zero attached hydrogens (tertiary/aromatic N) is 3. The third-order valence-electron chi connectivity index (χ3n) is 6.20. The van der Waals surface area contributed by atoms with Crippen LogP contribution >= 0.6 is 0 Å². The second-order valence-corrected chi connectivity index (χ2v) is 8.40. The molecule has 0 aliphatic heterocycles. The molecule has 6 heteroatoms. The van der Waals surface area contributed by atoms with E-state index in [-0.39, 0.29) is 5.56 Å². The summed E-state index contributed by atoms with van der Waals surface area (Å²) in [6.45, 7) is 6.17. The number of ether oxygens (including phenoxy) is 1. The van der Waals surface area contributed by atoms with Crippen LogP contribution < -0.4 is 10.3 Å². The van der Waals surface area contributed by atoms with Gasteiger partial charge in [0.2, 0.25) is 0 Å². The van der Waals surface area contributed by atoms with E-state index in [4.69, 9.17) is 9.26 Å². The van der Waals surface area contributed by atoms with Crippen LogP contribution in [0.1, 0.15) is 22.7 Å². The van der Waals surface area contributed by atoms with Crippen molar-refractivity contribution in [2.24, 2.45) is 0 Å². The fourth-order valence-corrected chi connectivity index (χ4v) is 4.52. The lowest BCUT2D eigenvalue weighted by Crippen LogP contribution is -2.23. The lowest BCUT2D eigenvalue weighted by atomic mass is 9.97. The first-order valence-corrected chi connectivity index (χ1v) is 11.1. The van der Waals surface area contributed by atoms with Gasteiger partial charge in [-0.25, -0.2) is 0 Å². The van der Waals surface area contributed by atoms with Crippen molar-refractivity contribution in [2.45, 2.75) is 27.3 Å². The highest BCUT2D eigenvalue weighted by Crippen LogP contribution is 2.38. The van der Waals surface area contributed by atoms with Gasteiger partial charge in [0.25, 0.3) is 5.56 Å². The van der Waals surface area contributed by atoms with Crippen molar-refractivity contribution < 1.29 is 9.26 Å². The van der Waals surface area contributed by atoms with Crippen molar-refractivity contribution in [1.82, 2.24) is 14.7 Å². The maximum absolute atomic E-state index is 13.8. The van der Waals surface area contributed by atoms with Gasteiger partial charge in [0.15, 0.2) is 0 Å². The first kappa shape index (κ1) is 21.6. The van der Waals surface area contributed by atoms with E-state index in [2.05, 4.69) is 16.2 Å². The fraction of sp³-hybridized carbons (Fsp3) is 0.179. The van der Waals surface area contributed by atoms with Gasteiger partial charge in [-0.2, -0.15) is 0 Å². The number of hydrogen-bond acceptors (Lipinski definition) is 5. The Bertz CT molecular complexity index is 1550. The Morgan fingerprint density at radius 3 is 2.38 bits per heavy atom. The molecule has 0 amide bonds. The lowest BCUT2D eigenvalue weighted by Gasteiger charge is -2.17. The fourth-order valence-electron chi connectivity index (χ4n) is 4.52. The quantitative estimate of drug-likeness (QED) is 0.343. The van der Waals surface area contributed by atoms with Crippen molar-refractivity contribution in [2.75, 3.05) is 7.11 Å². The molecule has 3 aromatic heterocycles. The molecule has 0 saturated carbocycles. The summed E-state index contributed by atoms with van der Waals surface area (Å²) in [6.07, 6.45) is 1.74. The normalized spacial score (nSPS) is 11.2. The molecule has 5 rings (SSSR count). The highest BCUT2D eigenvalue weighted by Gasteiger charge is 2.20. The number of benzene rings is 2. The molecule has 0 N–H and O–H groups in total. The van der Waals surface area contributed by atoms with Crippen molar-refractivity contribution in [3.05, 3.63) is 99.9 Å². The largest absolute Gasteiger partial charge is 0.496 e. The molecule has 170 valence electrons. The molecule has 34 heavy (non-hydrogen) atoms. The van der Waals surface area contributed by atoms with Gasteiger partial charge in [-0.3, -0.25) is 9.78 Å². The Kier molecular flexibility index (Phi) is 5.49. The summed E-state index contributed by atoms with van der Waals surface area (Å²) in [5, 5.41) is 5.04. The molecule has 0 aliphatic rings. The number of methoxy groups -OCH3 is 1. The number of hydrogen-bond donors (Lipinski definition) is 0. The van der Waals surface area contributed by atoms with E-state index in [9.17, 15) is 4.79 Å². The van der Waals surface area contributed by atoms with E-state index in [1.807, 2.05) is 75.4 Å². The number of aryl methyl sites for hydroxylation is 3. The van der Waals surface area contributed by atoms with Crippen LogP contribution in [0.2, 0.25) is 0 Å². The standard InChI is InChI=1S/C28H25N3O3/c1-17-9-5-6-11-22(17)23-13-20-14-24(27-18(2)30-34-19(27)3)26(33-4)15-25(20)31(28(23)32)16-21-10-7-8-12-29-21/h5-15H,16H2,1-4H3. The van der Waals surface area contributed by atoms with Crippen molar-refractivity contribution in [3.63, 3.8) is 0 Å². The molecule has 0 atom stereocenters. The molecule has 0 unspecified atom stereocenters. The Balaban J connectivity index is 1.85. The summed E-state index contributed by atoms with van der Waals surface area (Å²) < 4.78 is 13.0. The molecule has 0 spiro atoms. The molecular weight excluding hydrogens is 426 g/mol. The SMILES string of the molecule is COc1cc2c(cc1-c1c(C)noc1C)cc(-c1ccccc1C)c(=O)n2Cc1ccccn1. The summed E-state index contributed by atoms with van der Waals surface area (Å²) in [7, 11) is 1.63. The number of rotatable bonds is 5. The molecule has 0 fully saturated rings. The molecule has 0 saturated heterocycles. The average Bonchev–Trinajstić information content (AvgIpc) is 3.18. The van der Waals surface area contributed by atoms with Crippen LogP contribution in [0.5, 0.6) is 5.75 Å². The van der Waals surface area contributed by atoms with Crippen LogP contribution in [-0.2, 0) is 6.54 Å². The second kappa shape index (κ2) is 8.63. The minimum atomic E-state index is -0.0698. The molecule has 2 aromatic carbocycles. The van der Waals surface area contributed by atoms with Crippen LogP contribution in [-0.4, -0.2) is 21.8 Å². The van der Waals surface area contributed by atoms with E-state index >= 15 is 0 Å². The predicted molar refractivity (Wildman–Crippen MR) is 133 cm³/mol. The topological polar surface area (TPSA) is 70.2 Å². The first-order valence-electron chi connectivity index (χ1n) is 11.1. The van der Waals surface area contributed by atoms with Crippen LogP contribution in [0.3, 0.4) is 0 Å². The van der Waals surface area contributed by atoms with E-state index in [1.165, 1.54) is 0 Å². The van der Waals surface area contributed by atoms with Crippen LogP contribution in [0.15, 0.2) is 76.2 Å². The summed E-state index contributed by atoms with van der Waals surface area (Å²) in [4.78, 5) is 18.3. The molecule has 0 radical (unpaired) electrons. The van der Waals surface area contributed by atoms with Gasteiger partial charge in [-0.15, -0.1) is 0 Å². The number of pyridine rings is 2. The van der Waals surface area contributed by atoms with E-state index in [0.29, 0.717) is 17.9 Å². The van der Waals surface area contributed by atoms with Crippen LogP contribution in [0, 0.1) is 20.8 Å². The van der Waals surface area contributed by atoms with Crippen LogP contribution in [0.4, 0.5) is 0 Å². The average molecular weight is 452 g/mol. The van der Waals surface area contributed by atoms with E-state index in [0.717, 1.165) is 50.3 Å². The molecular formula is C28H25N3O3. The second-order valence-electron chi connectivity index (χ2n) is 8.40. The zero-order valence-corrected chi connectivity index (χ0v) is 19.6. The predicted octanol–water partition coefficient (Wildman–Crippen LogP) is 5.70. The van der Waals surface area contributed by atoms with Gasteiger partial charge in [0, 0.05) is 23.4 Å². The van der Waals surface area contributed by atoms with Gasteiger partial charge in [0.1, 0.15) is 11.5 Å². The third-order valence-corrected chi connectivity index (χ3v) is 6.20. The highest BCUT2D eigenvalue weighted by molar-refractivity contribution is 5.92. The molecule has 5 aromatic rings. The van der Waals surface area contributed by atoms with Crippen LogP contribution in [0.25, 0.3) is 33.2 Å². The molecule has 0 bridgehead atoms. The summed E-state index contributed by atoms with van der Waals surface area (Å²) in [5.74, 6) is 1.37. The van der Waals surface area contributed by atoms with Gasteiger partial charge in [-0.1, -0.05) is 35.5 Å². The monoisotopic (exact) mass is 451 g/mol. The van der Waals surface area contributed by atoms with Crippen molar-refractivity contribution in [1.29, 1.82) is 0 Å². The molecule has 0 aliphatic carbocycles. The maximum Gasteiger partial charge on any atom is 0.259 e. The Morgan fingerprint density at radius 1 is 0.941 bits per heavy atom. The Labute approximate surface area is 197 Å². The van der Waals surface area contributed by atoms with Crippen molar-refractivity contribution >= 4 is 10.9 Å². The highest BCUT2D eigenvalue weighted by atomic mass is 16.5. The smallest absolute Gasteiger partial charge is 0.259 e. The number of fused-ring (bicyclic) bond motifs is 1. The van der Waals surface area contributed by atoms with E-state index in [1.54, 1.807) is 17.9 Å². The molecule has 3 heterocycles. The van der Waals surface area contributed by atoms with Gasteiger partial charge < -0.3 is 13.8 Å². The zero-order chi connectivity index (χ0) is 23.8. The van der Waals surface area contributed by atoms with Gasteiger partial charge >= 0.3 is 0 Å². The molecule has 6 nitrogen and oxygen atoms in total. The Hall–Kier alpha value is -4.19. The lowest BCUT2D eigenvalue weighted by molar-refractivity contribution is 0.393. The zero-order valence-electron chi connectivity index (χ0n) is 19.6. The summed E-state index contributed by atoms with van der Waals surface area (Å²) in [5.41, 5.74) is 6.69. The van der Waals surface area contributed by atoms with Crippen molar-refractivity contribution in [3.8, 4) is 28.0 Å². The van der Waals surface area contributed by atoms with Gasteiger partial charge in [-0.05, 0) is 61.5 Å². The third kappa shape index (κ3) is 3.67. The van der Waals surface area contributed by atoms with E-state index < -0.39 is 0 Å². The Morgan fingerprint density at radius 2 is 1.71 bits per heavy atom. The minimum Gasteiger partial charge on any atom is -0.496 e. The summed E-state index contributed by atoms with van der Waals surface area (Å²) >= 11 is 0. The maximum atomic E-state index is 13.8. The summed E-state index contributed by atoms with van der Waals surface area (Å²) in [6, 6.07) is 19.6. The van der Waals surface area contributed by atoms with Gasteiger partial charge in [0.05, 0.1) is 36.1 Å². The number of aromatic nitrogens is 3. The first-order chi connectivity index (χ1) is 16.5. The minimum absolute atomic E-state index is 0.0698.